The van der Waals surface area contributed by atoms with Crippen LogP contribution in [0.1, 0.15) is 186 Å². The van der Waals surface area contributed by atoms with E-state index in [9.17, 15) is 53.1 Å². The van der Waals surface area contributed by atoms with E-state index in [-0.39, 0.29) is 140 Å². The maximum Gasteiger partial charge on any atom is 0.303 e. The molecule has 0 saturated carbocycles. The van der Waals surface area contributed by atoms with Crippen LogP contribution in [0.15, 0.2) is 23.6 Å². The molecule has 2 fully saturated rings. The lowest BCUT2D eigenvalue weighted by atomic mass is 9.81. The van der Waals surface area contributed by atoms with Crippen LogP contribution in [0.3, 0.4) is 0 Å². The number of ketones is 3. The Bertz CT molecular complexity index is 2570. The number of phenols is 1. The van der Waals surface area contributed by atoms with Gasteiger partial charge in [-0.05, 0) is 108 Å². The molecule has 6 amide bonds. The van der Waals surface area contributed by atoms with Crippen molar-refractivity contribution < 1.29 is 62.5 Å². The lowest BCUT2D eigenvalue weighted by molar-refractivity contribution is -0.150. The van der Waals surface area contributed by atoms with Crippen molar-refractivity contribution in [1.82, 2.24) is 30.3 Å². The summed E-state index contributed by atoms with van der Waals surface area (Å²) in [5.41, 5.74) is 0.257. The molecule has 0 spiro atoms. The van der Waals surface area contributed by atoms with Gasteiger partial charge in [-0.15, -0.1) is 11.3 Å². The molecule has 0 bridgehead atoms. The fraction of sp³-hybridized carbons (Fsp3) is 0.689. The number of esters is 1. The summed E-state index contributed by atoms with van der Waals surface area (Å²) in [6, 6.07) is 3.06. The number of phenolic OH excluding ortho intramolecular Hbond substituents is 1. The Labute approximate surface area is 499 Å². The number of hydrogen-bond acceptors (Lipinski definition) is 17. The zero-order valence-corrected chi connectivity index (χ0v) is 52.7. The number of nitrogens with zero attached hydrogens (tertiary/aromatic N) is 4. The fourth-order valence-corrected chi connectivity index (χ4v) is 12.1. The maximum absolute atomic E-state index is 14.5. The van der Waals surface area contributed by atoms with Crippen LogP contribution in [-0.4, -0.2) is 159 Å². The second-order valence-electron chi connectivity index (χ2n) is 23.3. The number of thiazole rings is 1. The van der Waals surface area contributed by atoms with E-state index >= 15 is 0 Å². The number of imide groups is 1. The quantitative estimate of drug-likeness (QED) is 0.0216. The summed E-state index contributed by atoms with van der Waals surface area (Å²) in [4.78, 5) is 141. The SMILES string of the molecule is CCC[C@H](Cc1ccc(O)c(NC(=O)[C@H](C)CC(=O)[C@H](C)NC(=O)CCOCCCC(=O)CCCN2C(=O)CC(SC)C2=O)c1)NC(=O)c1csc([C@@H](C[C@H](C(C)C)N(C)C(=O)[C@@H](CC(=O)C(C)(C)N2CCCC2)[C@@H](C)CC)OC(C)=O)n1. The number of aromatic hydroxyl groups is 1. The van der Waals surface area contributed by atoms with Gasteiger partial charge < -0.3 is 35.4 Å². The number of carbonyl (C=O) groups is 10. The molecule has 2 aromatic rings. The van der Waals surface area contributed by atoms with E-state index in [1.165, 1.54) is 47.9 Å². The molecule has 22 heteroatoms. The van der Waals surface area contributed by atoms with E-state index in [0.717, 1.165) is 25.9 Å². The van der Waals surface area contributed by atoms with Gasteiger partial charge in [0.05, 0.1) is 29.1 Å². The van der Waals surface area contributed by atoms with Crippen LogP contribution in [0.5, 0.6) is 5.75 Å². The number of nitrogens with one attached hydrogen (secondary N) is 3. The van der Waals surface area contributed by atoms with E-state index in [2.05, 4.69) is 25.8 Å². The maximum atomic E-state index is 14.5. The highest BCUT2D eigenvalue weighted by molar-refractivity contribution is 8.00. The second kappa shape index (κ2) is 33.8. The molecule has 4 rings (SSSR count). The normalized spacial score (nSPS) is 17.3. The molecule has 2 aliphatic rings. The van der Waals surface area contributed by atoms with Gasteiger partial charge in [-0.1, -0.05) is 60.5 Å². The van der Waals surface area contributed by atoms with Crippen LogP contribution in [0.25, 0.3) is 0 Å². The molecule has 4 N–H and O–H groups in total. The topological polar surface area (TPSA) is 268 Å². The van der Waals surface area contributed by atoms with Crippen LogP contribution in [0, 0.1) is 23.7 Å². The number of amides is 6. The zero-order chi connectivity index (χ0) is 61.7. The predicted octanol–water partition coefficient (Wildman–Crippen LogP) is 8.03. The van der Waals surface area contributed by atoms with Gasteiger partial charge >= 0.3 is 5.97 Å². The van der Waals surface area contributed by atoms with Gasteiger partial charge in [0, 0.05) is 101 Å². The third-order valence-electron chi connectivity index (χ3n) is 16.2. The van der Waals surface area contributed by atoms with E-state index < -0.39 is 59.3 Å². The van der Waals surface area contributed by atoms with Crippen molar-refractivity contribution in [2.75, 3.05) is 51.5 Å². The van der Waals surface area contributed by atoms with Crippen LogP contribution < -0.4 is 16.0 Å². The van der Waals surface area contributed by atoms with Crippen LogP contribution in [-0.2, 0) is 59.0 Å². The van der Waals surface area contributed by atoms with Crippen molar-refractivity contribution in [3.63, 3.8) is 0 Å². The lowest BCUT2D eigenvalue weighted by Crippen LogP contribution is -2.51. The Hall–Kier alpha value is -5.58. The monoisotopic (exact) mass is 1200 g/mol. The zero-order valence-electron chi connectivity index (χ0n) is 51.1. The molecule has 83 heavy (non-hydrogen) atoms. The first-order valence-electron chi connectivity index (χ1n) is 29.6. The number of Topliss-reactive ketones (excluding diaryl/α,β-unsaturated/α-hetero) is 3. The Morgan fingerprint density at radius 1 is 0.940 bits per heavy atom. The molecule has 462 valence electrons. The van der Waals surface area contributed by atoms with Crippen molar-refractivity contribution in [1.29, 1.82) is 0 Å². The van der Waals surface area contributed by atoms with Crippen LogP contribution in [0.4, 0.5) is 5.69 Å². The number of hydrogen-bond donors (Lipinski definition) is 4. The summed E-state index contributed by atoms with van der Waals surface area (Å²) >= 11 is 2.53. The van der Waals surface area contributed by atoms with Gasteiger partial charge in [0.25, 0.3) is 5.91 Å². The second-order valence-corrected chi connectivity index (χ2v) is 25.3. The van der Waals surface area contributed by atoms with Gasteiger partial charge in [0.2, 0.25) is 29.5 Å². The van der Waals surface area contributed by atoms with E-state index in [4.69, 9.17) is 9.47 Å². The highest BCUT2D eigenvalue weighted by Crippen LogP contribution is 2.34. The van der Waals surface area contributed by atoms with Crippen molar-refractivity contribution in [2.45, 2.75) is 201 Å². The summed E-state index contributed by atoms with van der Waals surface area (Å²) in [6.07, 6.45) is 7.01. The molecule has 0 aliphatic carbocycles. The summed E-state index contributed by atoms with van der Waals surface area (Å²) < 4.78 is 11.4. The van der Waals surface area contributed by atoms with Gasteiger partial charge in [-0.25, -0.2) is 4.98 Å². The minimum atomic E-state index is -0.891. The fourth-order valence-electron chi connectivity index (χ4n) is 10.6. The number of thioether (sulfide) groups is 1. The summed E-state index contributed by atoms with van der Waals surface area (Å²) in [7, 11) is 1.75. The van der Waals surface area contributed by atoms with E-state index in [0.29, 0.717) is 49.1 Å². The van der Waals surface area contributed by atoms with Crippen molar-refractivity contribution in [2.24, 2.45) is 23.7 Å². The molecule has 8 atom stereocenters. The predicted molar refractivity (Wildman–Crippen MR) is 321 cm³/mol. The van der Waals surface area contributed by atoms with Crippen molar-refractivity contribution in [3.05, 3.63) is 39.8 Å². The van der Waals surface area contributed by atoms with Crippen LogP contribution in [0.2, 0.25) is 0 Å². The molecule has 20 nitrogen and oxygen atoms in total. The summed E-state index contributed by atoms with van der Waals surface area (Å²) in [5, 5.41) is 20.9. The highest BCUT2D eigenvalue weighted by Gasteiger charge is 2.42. The van der Waals surface area contributed by atoms with Gasteiger partial charge in [0.15, 0.2) is 17.7 Å². The molecule has 1 unspecified atom stereocenters. The first-order chi connectivity index (χ1) is 39.2. The standard InChI is InChI=1S/C61H93N7O13S2/c1-13-19-43(63-57(77)47-36-83-58(65-47)51(81-41(8)69)34-48(37(3)4)66(11)59(78)45(38(5)14-2)33-53(73)61(9,10)67-25-15-16-26-67)31-42-22-23-49(71)46(32-42)64-56(76)39(6)30-50(72)40(7)62-54(74)24-29-80-28-18-21-44(70)20-17-27-68-55(75)35-52(82-12)60(68)79/h22-23,32,36-40,43,45,48,51-52,71H,13-21,24-31,33-35H2,1-12H3,(H,62,74)(H,63,77)(H,64,76)/t38-,39+,40-,43+,45-,48+,51+,52?/m0/s1. The summed E-state index contributed by atoms with van der Waals surface area (Å²) in [6.45, 7) is 20.6. The molecular formula is C61H93N7O13S2. The van der Waals surface area contributed by atoms with Crippen molar-refractivity contribution >= 4 is 87.5 Å². The average molecular weight is 1200 g/mol. The number of benzene rings is 1. The van der Waals surface area contributed by atoms with Crippen molar-refractivity contribution in [3.8, 4) is 5.75 Å². The Morgan fingerprint density at radius 3 is 2.25 bits per heavy atom. The average Bonchev–Trinajstić information content (AvgIpc) is 4.19. The number of aromatic nitrogens is 1. The number of likely N-dealkylation sites (tertiary alicyclic amines) is 2. The molecule has 3 heterocycles. The summed E-state index contributed by atoms with van der Waals surface area (Å²) in [5.74, 6) is -4.52. The van der Waals surface area contributed by atoms with Gasteiger partial charge in [0.1, 0.15) is 22.2 Å². The van der Waals surface area contributed by atoms with Gasteiger partial charge in [-0.3, -0.25) is 57.7 Å². The number of ether oxygens (including phenoxy) is 2. The van der Waals surface area contributed by atoms with Gasteiger partial charge in [-0.2, -0.15) is 11.8 Å². The number of carbonyl (C=O) groups excluding carboxylic acids is 10. The van der Waals surface area contributed by atoms with E-state index in [1.54, 1.807) is 42.6 Å². The number of anilines is 1. The largest absolute Gasteiger partial charge is 0.506 e. The Morgan fingerprint density at radius 2 is 1.63 bits per heavy atom. The van der Waals surface area contributed by atoms with E-state index in [1.807, 2.05) is 48.5 Å². The lowest BCUT2D eigenvalue weighted by Gasteiger charge is -2.38. The molecule has 2 saturated heterocycles. The number of rotatable bonds is 37. The minimum absolute atomic E-state index is 0.00604. The first kappa shape index (κ1) is 69.9. The molecule has 2 aliphatic heterocycles. The third kappa shape index (κ3) is 21.2. The molecular weight excluding hydrogens is 1100 g/mol. The third-order valence-corrected chi connectivity index (χ3v) is 18.0. The Balaban J connectivity index is 1.27. The minimum Gasteiger partial charge on any atom is -0.506 e. The first-order valence-corrected chi connectivity index (χ1v) is 31.8. The van der Waals surface area contributed by atoms with Crippen LogP contribution >= 0.6 is 23.1 Å². The molecule has 1 aromatic heterocycles. The Kier molecular flexibility index (Phi) is 28.5. The molecule has 0 radical (unpaired) electrons. The molecule has 1 aromatic carbocycles. The highest BCUT2D eigenvalue weighted by atomic mass is 32.2. The smallest absolute Gasteiger partial charge is 0.303 e.